The van der Waals surface area contributed by atoms with Crippen molar-refractivity contribution in [2.75, 3.05) is 0 Å². The van der Waals surface area contributed by atoms with Crippen LogP contribution < -0.4 is 0 Å². The molecule has 1 atom stereocenters. The first-order chi connectivity index (χ1) is 2.71. The van der Waals surface area contributed by atoms with Crippen molar-refractivity contribution in [2.45, 2.75) is 18.7 Å². The van der Waals surface area contributed by atoms with E-state index >= 15 is 0 Å². The minimum atomic E-state index is 0.542. The summed E-state index contributed by atoms with van der Waals surface area (Å²) in [6.07, 6.45) is 5.72. The van der Waals surface area contributed by atoms with Crippen LogP contribution in [0.3, 0.4) is 0 Å². The topological polar surface area (TPSA) is 0 Å². The van der Waals surface area contributed by atoms with Crippen LogP contribution in [-0.4, -0.2) is 7.85 Å². The summed E-state index contributed by atoms with van der Waals surface area (Å²) >= 11 is 0. The molecular formula is C5H9B. The minimum Gasteiger partial charge on any atom is -0.0903 e. The third kappa shape index (κ3) is 0.491. The molecule has 0 N–H and O–H groups in total. The molecule has 0 saturated heterocycles. The molecule has 0 heterocycles. The number of rotatable bonds is 0. The van der Waals surface area contributed by atoms with Crippen molar-refractivity contribution < 1.29 is 0 Å². The van der Waals surface area contributed by atoms with Gasteiger partial charge < -0.3 is 0 Å². The molecule has 0 fully saturated rings. The molecule has 0 aliphatic heterocycles. The molecule has 0 aromatic carbocycles. The molecule has 0 aromatic heterocycles. The monoisotopic (exact) mass is 80.1 g/mol. The molecule has 0 radical (unpaired) electrons. The lowest BCUT2D eigenvalue weighted by atomic mass is 9.62. The molecule has 0 saturated carbocycles. The molecule has 1 rings (SSSR count). The fourth-order valence-electron chi connectivity index (χ4n) is 0.589. The van der Waals surface area contributed by atoms with Crippen molar-refractivity contribution in [1.29, 1.82) is 0 Å². The zero-order valence-electron chi connectivity index (χ0n) is 4.36. The van der Waals surface area contributed by atoms with E-state index in [0.29, 0.717) is 5.31 Å². The Hall–Kier alpha value is -0.195. The summed E-state index contributed by atoms with van der Waals surface area (Å²) < 4.78 is 0. The highest BCUT2D eigenvalue weighted by atomic mass is 14.2. The maximum absolute atomic E-state index is 2.24. The predicted octanol–water partition coefficient (Wildman–Crippen LogP) is 0.758. The largest absolute Gasteiger partial charge is 0.114 e. The second kappa shape index (κ2) is 0.897. The van der Waals surface area contributed by atoms with E-state index in [-0.39, 0.29) is 0 Å². The van der Waals surface area contributed by atoms with Gasteiger partial charge in [-0.1, -0.05) is 19.1 Å². The summed E-state index contributed by atoms with van der Waals surface area (Å²) in [6, 6.07) is 0. The predicted molar refractivity (Wildman–Crippen MR) is 30.7 cm³/mol. The Morgan fingerprint density at radius 1 is 1.83 bits per heavy atom. The van der Waals surface area contributed by atoms with Gasteiger partial charge in [-0.25, -0.2) is 0 Å². The van der Waals surface area contributed by atoms with Gasteiger partial charge in [-0.3, -0.25) is 0 Å². The lowest BCUT2D eigenvalue weighted by molar-refractivity contribution is 0.709. The van der Waals surface area contributed by atoms with Crippen LogP contribution >= 0.6 is 0 Å². The summed E-state index contributed by atoms with van der Waals surface area (Å²) in [7, 11) is 2.24. The van der Waals surface area contributed by atoms with Gasteiger partial charge in [0.2, 0.25) is 0 Å². The maximum Gasteiger partial charge on any atom is 0.114 e. The molecule has 0 spiro atoms. The molecule has 1 aliphatic rings. The van der Waals surface area contributed by atoms with Gasteiger partial charge in [-0.15, -0.1) is 0 Å². The standard InChI is InChI=1S/C5H9B/c1-5(6)3-2-4-5/h2-3H,4,6H2,1H3. The fraction of sp³-hybridized carbons (Fsp3) is 0.600. The van der Waals surface area contributed by atoms with Crippen LogP contribution in [0, 0.1) is 0 Å². The van der Waals surface area contributed by atoms with Crippen LogP contribution in [0.4, 0.5) is 0 Å². The van der Waals surface area contributed by atoms with Crippen molar-refractivity contribution in [1.82, 2.24) is 0 Å². The van der Waals surface area contributed by atoms with Crippen LogP contribution in [-0.2, 0) is 0 Å². The number of hydrogen-bond donors (Lipinski definition) is 0. The molecule has 0 bridgehead atoms. The van der Waals surface area contributed by atoms with Gasteiger partial charge in [0.1, 0.15) is 7.85 Å². The average Bonchev–Trinajstić information content (AvgIpc) is 1.32. The van der Waals surface area contributed by atoms with Crippen LogP contribution in [0.2, 0.25) is 5.31 Å². The Labute approximate surface area is 39.7 Å². The third-order valence-corrected chi connectivity index (χ3v) is 1.21. The van der Waals surface area contributed by atoms with E-state index in [1.807, 2.05) is 0 Å². The SMILES string of the molecule is BC1(C)C=CC1. The molecule has 0 nitrogen and oxygen atoms in total. The fourth-order valence-corrected chi connectivity index (χ4v) is 0.589. The lowest BCUT2D eigenvalue weighted by Crippen LogP contribution is -2.08. The molecule has 0 aromatic rings. The van der Waals surface area contributed by atoms with Gasteiger partial charge in [-0.05, 0) is 11.7 Å². The summed E-state index contributed by atoms with van der Waals surface area (Å²) in [6.45, 7) is 2.24. The van der Waals surface area contributed by atoms with Crippen LogP contribution in [0.25, 0.3) is 0 Å². The van der Waals surface area contributed by atoms with E-state index in [0.717, 1.165) is 0 Å². The number of allylic oxidation sites excluding steroid dienone is 2. The quantitative estimate of drug-likeness (QED) is 0.297. The average molecular weight is 79.9 g/mol. The summed E-state index contributed by atoms with van der Waals surface area (Å²) in [5.74, 6) is 0. The summed E-state index contributed by atoms with van der Waals surface area (Å²) in [5.41, 5.74) is 0. The van der Waals surface area contributed by atoms with Gasteiger partial charge in [0.15, 0.2) is 0 Å². The Bertz CT molecular complexity index is 81.9. The number of hydrogen-bond acceptors (Lipinski definition) is 0. The third-order valence-electron chi connectivity index (χ3n) is 1.21. The highest BCUT2D eigenvalue weighted by molar-refractivity contribution is 6.17. The Morgan fingerprint density at radius 3 is 2.17 bits per heavy atom. The maximum atomic E-state index is 2.24. The van der Waals surface area contributed by atoms with Crippen molar-refractivity contribution in [3.05, 3.63) is 12.2 Å². The molecule has 6 heavy (non-hydrogen) atoms. The molecular weight excluding hydrogens is 70.9 g/mol. The van der Waals surface area contributed by atoms with E-state index in [4.69, 9.17) is 0 Å². The molecule has 32 valence electrons. The summed E-state index contributed by atoms with van der Waals surface area (Å²) in [5, 5.41) is 0.542. The minimum absolute atomic E-state index is 0.542. The summed E-state index contributed by atoms with van der Waals surface area (Å²) in [4.78, 5) is 0. The zero-order valence-corrected chi connectivity index (χ0v) is 4.36. The Morgan fingerprint density at radius 2 is 2.17 bits per heavy atom. The van der Waals surface area contributed by atoms with Crippen LogP contribution in [0.1, 0.15) is 13.3 Å². The van der Waals surface area contributed by atoms with Crippen LogP contribution in [0.5, 0.6) is 0 Å². The van der Waals surface area contributed by atoms with Crippen molar-refractivity contribution in [3.63, 3.8) is 0 Å². The first-order valence-electron chi connectivity index (χ1n) is 2.38. The van der Waals surface area contributed by atoms with E-state index in [2.05, 4.69) is 26.9 Å². The smallest absolute Gasteiger partial charge is 0.0903 e. The zero-order chi connectivity index (χ0) is 4.62. The molecule has 1 unspecified atom stereocenters. The van der Waals surface area contributed by atoms with Gasteiger partial charge in [0.05, 0.1) is 0 Å². The normalized spacial score (nSPS) is 42.2. The highest BCUT2D eigenvalue weighted by Gasteiger charge is 2.17. The van der Waals surface area contributed by atoms with E-state index < -0.39 is 0 Å². The van der Waals surface area contributed by atoms with Gasteiger partial charge in [0.25, 0.3) is 0 Å². The molecule has 1 heteroatoms. The lowest BCUT2D eigenvalue weighted by Gasteiger charge is -2.25. The first kappa shape index (κ1) is 3.98. The molecule has 0 amide bonds. The second-order valence-corrected chi connectivity index (χ2v) is 2.60. The Kier molecular flexibility index (Phi) is 0.595. The van der Waals surface area contributed by atoms with E-state index in [9.17, 15) is 0 Å². The highest BCUT2D eigenvalue weighted by Crippen LogP contribution is 2.35. The Balaban J connectivity index is 2.57. The van der Waals surface area contributed by atoms with Crippen LogP contribution in [0.15, 0.2) is 12.2 Å². The second-order valence-electron chi connectivity index (χ2n) is 2.60. The van der Waals surface area contributed by atoms with Gasteiger partial charge in [0, 0.05) is 0 Å². The van der Waals surface area contributed by atoms with E-state index in [1.54, 1.807) is 0 Å². The van der Waals surface area contributed by atoms with Gasteiger partial charge in [-0.2, -0.15) is 0 Å². The van der Waals surface area contributed by atoms with Crippen molar-refractivity contribution in [2.24, 2.45) is 0 Å². The van der Waals surface area contributed by atoms with E-state index in [1.165, 1.54) is 6.42 Å². The molecule has 1 aliphatic carbocycles. The van der Waals surface area contributed by atoms with Crippen molar-refractivity contribution in [3.8, 4) is 0 Å². The first-order valence-corrected chi connectivity index (χ1v) is 2.38. The van der Waals surface area contributed by atoms with Gasteiger partial charge >= 0.3 is 0 Å². The van der Waals surface area contributed by atoms with Crippen molar-refractivity contribution >= 4 is 7.85 Å².